The normalized spacial score (nSPS) is 22.0. The van der Waals surface area contributed by atoms with Gasteiger partial charge < -0.3 is 10.4 Å². The van der Waals surface area contributed by atoms with Crippen molar-refractivity contribution in [3.63, 3.8) is 0 Å². The Morgan fingerprint density at radius 3 is 2.86 bits per heavy atom. The number of aliphatic hydroxyl groups excluding tert-OH is 1. The maximum absolute atomic E-state index is 10.0. The van der Waals surface area contributed by atoms with Crippen LogP contribution >= 0.6 is 11.6 Å². The number of nitrogens with zero attached hydrogens (tertiary/aromatic N) is 2. The van der Waals surface area contributed by atoms with Crippen molar-refractivity contribution in [3.05, 3.63) is 41.7 Å². The lowest BCUT2D eigenvalue weighted by Gasteiger charge is -2.28. The minimum Gasteiger partial charge on any atom is -0.391 e. The van der Waals surface area contributed by atoms with E-state index in [1.807, 2.05) is 24.3 Å². The Kier molecular flexibility index (Phi) is 4.36. The highest BCUT2D eigenvalue weighted by Gasteiger charge is 2.23. The van der Waals surface area contributed by atoms with Gasteiger partial charge in [0.25, 0.3) is 0 Å². The summed E-state index contributed by atoms with van der Waals surface area (Å²) in [4.78, 5) is 8.80. The van der Waals surface area contributed by atoms with Gasteiger partial charge in [0, 0.05) is 10.6 Å². The van der Waals surface area contributed by atoms with Gasteiger partial charge in [0.05, 0.1) is 30.2 Å². The van der Waals surface area contributed by atoms with Crippen molar-refractivity contribution in [2.75, 3.05) is 5.32 Å². The molecule has 0 radical (unpaired) electrons. The molecule has 0 unspecified atom stereocenters. The van der Waals surface area contributed by atoms with Gasteiger partial charge in [-0.1, -0.05) is 36.6 Å². The van der Waals surface area contributed by atoms with Crippen LogP contribution in [0, 0.1) is 0 Å². The summed E-state index contributed by atoms with van der Waals surface area (Å²) in [6, 6.07) is 7.60. The third-order valence-electron chi connectivity index (χ3n) is 3.82. The maximum Gasteiger partial charge on any atom is 0.145 e. The van der Waals surface area contributed by atoms with Crippen molar-refractivity contribution < 1.29 is 5.11 Å². The molecule has 0 amide bonds. The summed E-state index contributed by atoms with van der Waals surface area (Å²) in [5.74, 6) is 0.693. The molecule has 0 bridgehead atoms. The largest absolute Gasteiger partial charge is 0.391 e. The van der Waals surface area contributed by atoms with Crippen LogP contribution in [0.4, 0.5) is 5.82 Å². The molecular formula is C16H18ClN3O. The molecule has 2 atom stereocenters. The summed E-state index contributed by atoms with van der Waals surface area (Å²) in [5.41, 5.74) is 1.70. The molecule has 1 aliphatic rings. The van der Waals surface area contributed by atoms with E-state index in [1.54, 1.807) is 12.4 Å². The van der Waals surface area contributed by atoms with Crippen molar-refractivity contribution in [2.24, 2.45) is 0 Å². The fourth-order valence-electron chi connectivity index (χ4n) is 2.69. The Hall–Kier alpha value is -1.65. The van der Waals surface area contributed by atoms with Gasteiger partial charge in [-0.15, -0.1) is 0 Å². The maximum atomic E-state index is 10.0. The lowest BCUT2D eigenvalue weighted by atomic mass is 9.93. The fraction of sp³-hybridized carbons (Fsp3) is 0.375. The third-order valence-corrected chi connectivity index (χ3v) is 4.05. The molecule has 1 aromatic heterocycles. The number of aromatic nitrogens is 2. The summed E-state index contributed by atoms with van der Waals surface area (Å²) in [7, 11) is 0. The number of benzene rings is 1. The summed E-state index contributed by atoms with van der Waals surface area (Å²) in [6.45, 7) is 0. The van der Waals surface area contributed by atoms with Crippen molar-refractivity contribution in [2.45, 2.75) is 37.8 Å². The zero-order valence-electron chi connectivity index (χ0n) is 11.7. The standard InChI is InChI=1S/C16H18ClN3O/c17-12-5-3-4-11(8-12)14-9-18-10-16(20-14)19-13-6-1-2-7-15(13)21/h3-5,8-10,13,15,21H,1-2,6-7H2,(H,19,20)/t13-,15+/m1/s1. The van der Waals surface area contributed by atoms with Gasteiger partial charge in [-0.05, 0) is 25.0 Å². The second-order valence-electron chi connectivity index (χ2n) is 5.40. The summed E-state index contributed by atoms with van der Waals surface area (Å²) in [5, 5.41) is 14.0. The van der Waals surface area contributed by atoms with E-state index in [4.69, 9.17) is 11.6 Å². The Bertz CT molecular complexity index is 620. The number of hydrogen-bond acceptors (Lipinski definition) is 4. The van der Waals surface area contributed by atoms with E-state index in [0.29, 0.717) is 10.8 Å². The zero-order chi connectivity index (χ0) is 14.7. The van der Waals surface area contributed by atoms with Crippen LogP contribution in [0.1, 0.15) is 25.7 Å². The molecular weight excluding hydrogens is 286 g/mol. The van der Waals surface area contributed by atoms with Crippen molar-refractivity contribution in [1.82, 2.24) is 9.97 Å². The molecule has 110 valence electrons. The first-order chi connectivity index (χ1) is 10.2. The number of hydrogen-bond donors (Lipinski definition) is 2. The second kappa shape index (κ2) is 6.41. The van der Waals surface area contributed by atoms with E-state index in [1.165, 1.54) is 0 Å². The minimum atomic E-state index is -0.310. The lowest BCUT2D eigenvalue weighted by Crippen LogP contribution is -2.36. The predicted molar refractivity (Wildman–Crippen MR) is 84.4 cm³/mol. The highest BCUT2D eigenvalue weighted by Crippen LogP contribution is 2.24. The molecule has 2 N–H and O–H groups in total. The molecule has 1 aromatic carbocycles. The Morgan fingerprint density at radius 2 is 2.05 bits per heavy atom. The molecule has 1 heterocycles. The van der Waals surface area contributed by atoms with Crippen LogP contribution in [0.2, 0.25) is 5.02 Å². The van der Waals surface area contributed by atoms with Crippen LogP contribution < -0.4 is 5.32 Å². The van der Waals surface area contributed by atoms with Crippen LogP contribution in [0.3, 0.4) is 0 Å². The third kappa shape index (κ3) is 3.52. The van der Waals surface area contributed by atoms with Gasteiger partial charge in [0.2, 0.25) is 0 Å². The first kappa shape index (κ1) is 14.3. The number of halogens is 1. The van der Waals surface area contributed by atoms with E-state index in [2.05, 4.69) is 15.3 Å². The SMILES string of the molecule is O[C@H]1CCCC[C@H]1Nc1cncc(-c2cccc(Cl)c2)n1. The first-order valence-electron chi connectivity index (χ1n) is 7.25. The molecule has 1 aliphatic carbocycles. The molecule has 3 rings (SSSR count). The minimum absolute atomic E-state index is 0.0580. The first-order valence-corrected chi connectivity index (χ1v) is 7.63. The fourth-order valence-corrected chi connectivity index (χ4v) is 2.88. The topological polar surface area (TPSA) is 58.0 Å². The van der Waals surface area contributed by atoms with E-state index in [9.17, 15) is 5.11 Å². The highest BCUT2D eigenvalue weighted by atomic mass is 35.5. The Labute approximate surface area is 129 Å². The number of anilines is 1. The molecule has 0 spiro atoms. The van der Waals surface area contributed by atoms with Crippen LogP contribution in [-0.4, -0.2) is 27.2 Å². The zero-order valence-corrected chi connectivity index (χ0v) is 12.4. The molecule has 2 aromatic rings. The average Bonchev–Trinajstić information content (AvgIpc) is 2.50. The van der Waals surface area contributed by atoms with E-state index in [-0.39, 0.29) is 12.1 Å². The van der Waals surface area contributed by atoms with Gasteiger partial charge in [0.15, 0.2) is 0 Å². The number of rotatable bonds is 3. The number of nitrogens with one attached hydrogen (secondary N) is 1. The van der Waals surface area contributed by atoms with Crippen molar-refractivity contribution in [3.8, 4) is 11.3 Å². The lowest BCUT2D eigenvalue weighted by molar-refractivity contribution is 0.116. The molecule has 0 aliphatic heterocycles. The highest BCUT2D eigenvalue weighted by molar-refractivity contribution is 6.30. The molecule has 0 saturated heterocycles. The summed E-state index contributed by atoms with van der Waals surface area (Å²) >= 11 is 6.01. The predicted octanol–water partition coefficient (Wildman–Crippen LogP) is 3.51. The summed E-state index contributed by atoms with van der Waals surface area (Å²) in [6.07, 6.45) is 7.13. The van der Waals surface area contributed by atoms with Gasteiger partial charge in [-0.3, -0.25) is 4.98 Å². The van der Waals surface area contributed by atoms with Crippen LogP contribution in [0.15, 0.2) is 36.7 Å². The molecule has 1 saturated carbocycles. The van der Waals surface area contributed by atoms with E-state index >= 15 is 0 Å². The molecule has 21 heavy (non-hydrogen) atoms. The average molecular weight is 304 g/mol. The second-order valence-corrected chi connectivity index (χ2v) is 5.84. The van der Waals surface area contributed by atoms with Crippen LogP contribution in [-0.2, 0) is 0 Å². The van der Waals surface area contributed by atoms with Gasteiger partial charge in [0.1, 0.15) is 5.82 Å². The quantitative estimate of drug-likeness (QED) is 0.911. The van der Waals surface area contributed by atoms with Crippen LogP contribution in [0.5, 0.6) is 0 Å². The Morgan fingerprint density at radius 1 is 1.19 bits per heavy atom. The number of aliphatic hydroxyl groups is 1. The monoisotopic (exact) mass is 303 g/mol. The molecule has 5 heteroatoms. The van der Waals surface area contributed by atoms with Crippen LogP contribution in [0.25, 0.3) is 11.3 Å². The van der Waals surface area contributed by atoms with E-state index in [0.717, 1.165) is 36.9 Å². The molecule has 4 nitrogen and oxygen atoms in total. The van der Waals surface area contributed by atoms with Crippen molar-refractivity contribution in [1.29, 1.82) is 0 Å². The Balaban J connectivity index is 1.80. The van der Waals surface area contributed by atoms with E-state index < -0.39 is 0 Å². The molecule has 1 fully saturated rings. The summed E-state index contributed by atoms with van der Waals surface area (Å²) < 4.78 is 0. The van der Waals surface area contributed by atoms with Gasteiger partial charge in [-0.2, -0.15) is 0 Å². The van der Waals surface area contributed by atoms with Gasteiger partial charge in [-0.25, -0.2) is 4.98 Å². The smallest absolute Gasteiger partial charge is 0.145 e. The van der Waals surface area contributed by atoms with Crippen molar-refractivity contribution >= 4 is 17.4 Å². The van der Waals surface area contributed by atoms with Gasteiger partial charge >= 0.3 is 0 Å².